The highest BCUT2D eigenvalue weighted by Gasteiger charge is 2.57. The third-order valence-electron chi connectivity index (χ3n) is 3.82. The van der Waals surface area contributed by atoms with Crippen molar-refractivity contribution in [2.45, 2.75) is 18.1 Å². The zero-order valence-electron chi connectivity index (χ0n) is 6.77. The highest BCUT2D eigenvalue weighted by atomic mass is 32.1. The summed E-state index contributed by atoms with van der Waals surface area (Å²) in [4.78, 5) is 11.3. The quantitative estimate of drug-likeness (QED) is 0.451. The van der Waals surface area contributed by atoms with Crippen molar-refractivity contribution in [3.8, 4) is 0 Å². The number of ether oxygens (including phenoxy) is 1. The van der Waals surface area contributed by atoms with Crippen molar-refractivity contribution in [2.24, 2.45) is 23.7 Å². The summed E-state index contributed by atoms with van der Waals surface area (Å²) in [5.41, 5.74) is 0. The van der Waals surface area contributed by atoms with Crippen LogP contribution in [0.4, 0.5) is 0 Å². The molecule has 3 heteroatoms. The Morgan fingerprint density at radius 3 is 3.00 bits per heavy atom. The van der Waals surface area contributed by atoms with E-state index in [1.54, 1.807) is 0 Å². The van der Waals surface area contributed by atoms with Gasteiger partial charge < -0.3 is 4.74 Å². The number of thiol groups is 1. The van der Waals surface area contributed by atoms with Gasteiger partial charge in [-0.25, -0.2) is 0 Å². The predicted molar refractivity (Wildman–Crippen MR) is 46.9 cm³/mol. The number of fused-ring (bicyclic) bond motifs is 5. The molecule has 0 spiro atoms. The Morgan fingerprint density at radius 2 is 2.17 bits per heavy atom. The normalized spacial score (nSPS) is 55.8. The zero-order chi connectivity index (χ0) is 8.29. The molecular formula is C9H12O2S. The SMILES string of the molecule is O=C1OCC2C3CC(CC3S)C12. The van der Waals surface area contributed by atoms with Crippen molar-refractivity contribution in [1.29, 1.82) is 0 Å². The van der Waals surface area contributed by atoms with Gasteiger partial charge in [0, 0.05) is 11.2 Å². The minimum Gasteiger partial charge on any atom is -0.465 e. The van der Waals surface area contributed by atoms with Crippen molar-refractivity contribution < 1.29 is 9.53 Å². The summed E-state index contributed by atoms with van der Waals surface area (Å²) in [5.74, 6) is 2.08. The van der Waals surface area contributed by atoms with Crippen molar-refractivity contribution in [2.75, 3.05) is 6.61 Å². The monoisotopic (exact) mass is 184 g/mol. The topological polar surface area (TPSA) is 26.3 Å². The van der Waals surface area contributed by atoms with Gasteiger partial charge in [-0.15, -0.1) is 0 Å². The number of carbonyl (C=O) groups excluding carboxylic acids is 1. The third-order valence-corrected chi connectivity index (χ3v) is 4.42. The van der Waals surface area contributed by atoms with E-state index in [9.17, 15) is 4.79 Å². The average Bonchev–Trinajstić information content (AvgIpc) is 2.62. The van der Waals surface area contributed by atoms with Crippen LogP contribution < -0.4 is 0 Å². The Hall–Kier alpha value is -0.180. The van der Waals surface area contributed by atoms with E-state index < -0.39 is 0 Å². The van der Waals surface area contributed by atoms with Crippen LogP contribution in [0.5, 0.6) is 0 Å². The first kappa shape index (κ1) is 7.25. The molecule has 3 fully saturated rings. The number of esters is 1. The maximum Gasteiger partial charge on any atom is 0.309 e. The second kappa shape index (κ2) is 2.19. The molecule has 0 aromatic heterocycles. The van der Waals surface area contributed by atoms with Crippen molar-refractivity contribution >= 4 is 18.6 Å². The molecule has 66 valence electrons. The van der Waals surface area contributed by atoms with Gasteiger partial charge in [-0.05, 0) is 24.7 Å². The molecule has 0 amide bonds. The van der Waals surface area contributed by atoms with E-state index in [1.165, 1.54) is 6.42 Å². The van der Waals surface area contributed by atoms with E-state index in [2.05, 4.69) is 12.6 Å². The van der Waals surface area contributed by atoms with Crippen LogP contribution in [-0.4, -0.2) is 17.8 Å². The van der Waals surface area contributed by atoms with Gasteiger partial charge in [0.05, 0.1) is 12.5 Å². The van der Waals surface area contributed by atoms with Crippen molar-refractivity contribution in [3.05, 3.63) is 0 Å². The molecule has 1 aliphatic heterocycles. The van der Waals surface area contributed by atoms with Gasteiger partial charge in [0.1, 0.15) is 0 Å². The lowest BCUT2D eigenvalue weighted by Gasteiger charge is -2.24. The molecule has 1 heterocycles. The molecule has 5 atom stereocenters. The lowest BCUT2D eigenvalue weighted by atomic mass is 9.81. The van der Waals surface area contributed by atoms with Gasteiger partial charge in [0.2, 0.25) is 0 Å². The number of cyclic esters (lactones) is 1. The Bertz CT molecular complexity index is 241. The van der Waals surface area contributed by atoms with Gasteiger partial charge in [-0.2, -0.15) is 12.6 Å². The fourth-order valence-corrected chi connectivity index (χ4v) is 3.94. The van der Waals surface area contributed by atoms with Gasteiger partial charge >= 0.3 is 5.97 Å². The third kappa shape index (κ3) is 0.709. The molecule has 1 saturated heterocycles. The molecule has 2 bridgehead atoms. The largest absolute Gasteiger partial charge is 0.465 e. The summed E-state index contributed by atoms with van der Waals surface area (Å²) in [6.45, 7) is 0.668. The van der Waals surface area contributed by atoms with Gasteiger partial charge in [-0.1, -0.05) is 0 Å². The standard InChI is InChI=1S/C9H12O2S/c10-9-8-4-1-5(7(12)2-4)6(8)3-11-9/h4-8,12H,1-3H2. The van der Waals surface area contributed by atoms with E-state index >= 15 is 0 Å². The van der Waals surface area contributed by atoms with Crippen LogP contribution in [0.1, 0.15) is 12.8 Å². The first-order valence-electron chi connectivity index (χ1n) is 4.62. The zero-order valence-corrected chi connectivity index (χ0v) is 7.67. The lowest BCUT2D eigenvalue weighted by molar-refractivity contribution is -0.142. The van der Waals surface area contributed by atoms with E-state index in [-0.39, 0.29) is 11.9 Å². The smallest absolute Gasteiger partial charge is 0.309 e. The van der Waals surface area contributed by atoms with E-state index in [0.29, 0.717) is 29.6 Å². The molecule has 0 aromatic rings. The maximum atomic E-state index is 11.3. The number of rotatable bonds is 0. The van der Waals surface area contributed by atoms with E-state index in [1.807, 2.05) is 0 Å². The Labute approximate surface area is 77.1 Å². The first-order valence-corrected chi connectivity index (χ1v) is 5.13. The highest BCUT2D eigenvalue weighted by molar-refractivity contribution is 7.81. The molecule has 3 aliphatic rings. The summed E-state index contributed by atoms with van der Waals surface area (Å²) in [7, 11) is 0. The molecule has 2 nitrogen and oxygen atoms in total. The van der Waals surface area contributed by atoms with Crippen LogP contribution in [-0.2, 0) is 9.53 Å². The number of hydrogen-bond donors (Lipinski definition) is 1. The average molecular weight is 184 g/mol. The second-order valence-electron chi connectivity index (χ2n) is 4.28. The van der Waals surface area contributed by atoms with Gasteiger partial charge in [0.25, 0.3) is 0 Å². The van der Waals surface area contributed by atoms with Crippen LogP contribution in [0.15, 0.2) is 0 Å². The first-order chi connectivity index (χ1) is 5.77. The van der Waals surface area contributed by atoms with Crippen LogP contribution in [0.2, 0.25) is 0 Å². The number of carbonyl (C=O) groups is 1. The molecule has 2 saturated carbocycles. The summed E-state index contributed by atoms with van der Waals surface area (Å²) < 4.78 is 5.08. The number of hydrogen-bond acceptors (Lipinski definition) is 3. The summed E-state index contributed by atoms with van der Waals surface area (Å²) in [6.07, 6.45) is 2.35. The fraction of sp³-hybridized carbons (Fsp3) is 0.889. The Kier molecular flexibility index (Phi) is 1.32. The van der Waals surface area contributed by atoms with Crippen LogP contribution in [0.3, 0.4) is 0 Å². The molecule has 12 heavy (non-hydrogen) atoms. The minimum absolute atomic E-state index is 0.0627. The minimum atomic E-state index is 0.0627. The maximum absolute atomic E-state index is 11.3. The van der Waals surface area contributed by atoms with Gasteiger partial charge in [0.15, 0.2) is 0 Å². The second-order valence-corrected chi connectivity index (χ2v) is 4.95. The Morgan fingerprint density at radius 1 is 1.33 bits per heavy atom. The highest BCUT2D eigenvalue weighted by Crippen LogP contribution is 2.56. The molecule has 0 aromatic carbocycles. The van der Waals surface area contributed by atoms with Crippen LogP contribution in [0.25, 0.3) is 0 Å². The molecule has 0 radical (unpaired) electrons. The molecular weight excluding hydrogens is 172 g/mol. The predicted octanol–water partition coefficient (Wildman–Crippen LogP) is 1.11. The van der Waals surface area contributed by atoms with Crippen molar-refractivity contribution in [1.82, 2.24) is 0 Å². The van der Waals surface area contributed by atoms with E-state index in [4.69, 9.17) is 4.74 Å². The van der Waals surface area contributed by atoms with Crippen LogP contribution in [0, 0.1) is 23.7 Å². The molecule has 0 N–H and O–H groups in total. The Balaban J connectivity index is 1.94. The van der Waals surface area contributed by atoms with Crippen molar-refractivity contribution in [3.63, 3.8) is 0 Å². The van der Waals surface area contributed by atoms with Gasteiger partial charge in [-0.3, -0.25) is 4.79 Å². The molecule has 3 rings (SSSR count). The van der Waals surface area contributed by atoms with Crippen LogP contribution >= 0.6 is 12.6 Å². The lowest BCUT2D eigenvalue weighted by Crippen LogP contribution is -2.28. The summed E-state index contributed by atoms with van der Waals surface area (Å²) >= 11 is 4.54. The molecule has 2 aliphatic carbocycles. The summed E-state index contributed by atoms with van der Waals surface area (Å²) in [5, 5.41) is 0.533. The summed E-state index contributed by atoms with van der Waals surface area (Å²) in [6, 6.07) is 0. The molecule has 5 unspecified atom stereocenters. The van der Waals surface area contributed by atoms with E-state index in [0.717, 1.165) is 6.42 Å². The fourth-order valence-electron chi connectivity index (χ4n) is 3.33.